The van der Waals surface area contributed by atoms with Crippen LogP contribution in [-0.4, -0.2) is 20.5 Å². The highest BCUT2D eigenvalue weighted by Gasteiger charge is 2.38. The lowest BCUT2D eigenvalue weighted by atomic mass is 9.80. The third-order valence-corrected chi connectivity index (χ3v) is 5.35. The van der Waals surface area contributed by atoms with E-state index in [9.17, 15) is 4.79 Å². The van der Waals surface area contributed by atoms with Gasteiger partial charge in [0.2, 0.25) is 5.95 Å². The van der Waals surface area contributed by atoms with Crippen LogP contribution in [0.5, 0.6) is 0 Å². The number of carbonyl (C=O) groups is 1. The Morgan fingerprint density at radius 1 is 1.12 bits per heavy atom. The van der Waals surface area contributed by atoms with Crippen molar-refractivity contribution in [1.29, 1.82) is 0 Å². The second-order valence-corrected chi connectivity index (χ2v) is 7.35. The number of aryl methyl sites for hydroxylation is 1. The number of hydrogen-bond donors (Lipinski definition) is 1. The standard InChI is InChI=1S/C21H20N4O/c1-12-10-17-19(18(26)11-12)20(25-21(23-17)22-13(2)24-25)16-9-5-7-14-6-3-4-8-15(14)16/h3-9,12,20H,10-11H2,1-2H3,(H,22,23,24)/t12-,20+/m1/s1. The van der Waals surface area contributed by atoms with E-state index in [1.54, 1.807) is 0 Å². The molecule has 2 atom stereocenters. The zero-order valence-corrected chi connectivity index (χ0v) is 14.9. The van der Waals surface area contributed by atoms with Gasteiger partial charge in [0.25, 0.3) is 0 Å². The van der Waals surface area contributed by atoms with Crippen LogP contribution in [0.15, 0.2) is 53.7 Å². The maximum atomic E-state index is 13.0. The lowest BCUT2D eigenvalue weighted by molar-refractivity contribution is -0.117. The first-order chi connectivity index (χ1) is 12.6. The Kier molecular flexibility index (Phi) is 3.26. The summed E-state index contributed by atoms with van der Waals surface area (Å²) in [5.41, 5.74) is 2.95. The van der Waals surface area contributed by atoms with Crippen molar-refractivity contribution in [2.75, 3.05) is 5.32 Å². The molecule has 2 aliphatic rings. The van der Waals surface area contributed by atoms with Crippen LogP contribution in [0.2, 0.25) is 0 Å². The van der Waals surface area contributed by atoms with Gasteiger partial charge in [-0.3, -0.25) is 4.79 Å². The third kappa shape index (κ3) is 2.20. The quantitative estimate of drug-likeness (QED) is 0.725. The number of hydrogen-bond acceptors (Lipinski definition) is 4. The van der Waals surface area contributed by atoms with E-state index < -0.39 is 0 Å². The maximum Gasteiger partial charge on any atom is 0.226 e. The minimum absolute atomic E-state index is 0.211. The fourth-order valence-corrected chi connectivity index (χ4v) is 4.29. The van der Waals surface area contributed by atoms with E-state index in [1.807, 2.05) is 23.7 Å². The molecule has 0 amide bonds. The van der Waals surface area contributed by atoms with Crippen LogP contribution in [0.4, 0.5) is 5.95 Å². The zero-order chi connectivity index (χ0) is 17.8. The van der Waals surface area contributed by atoms with Gasteiger partial charge in [0.05, 0.1) is 0 Å². The first-order valence-corrected chi connectivity index (χ1v) is 9.06. The Morgan fingerprint density at radius 3 is 2.81 bits per heavy atom. The summed E-state index contributed by atoms with van der Waals surface area (Å²) < 4.78 is 1.88. The molecule has 5 rings (SSSR count). The molecular weight excluding hydrogens is 324 g/mol. The third-order valence-electron chi connectivity index (χ3n) is 5.35. The molecule has 1 aliphatic heterocycles. The summed E-state index contributed by atoms with van der Waals surface area (Å²) in [6.07, 6.45) is 1.46. The molecule has 5 heteroatoms. The Labute approximate surface area is 151 Å². The Bertz CT molecular complexity index is 1070. The monoisotopic (exact) mass is 344 g/mol. The number of carbonyl (C=O) groups excluding carboxylic acids is 1. The number of Topliss-reactive ketones (excluding diaryl/α,β-unsaturated/α-hetero) is 1. The summed E-state index contributed by atoms with van der Waals surface area (Å²) in [4.78, 5) is 17.6. The number of rotatable bonds is 1. The molecule has 0 unspecified atom stereocenters. The molecule has 5 nitrogen and oxygen atoms in total. The second kappa shape index (κ2) is 5.53. The first-order valence-electron chi connectivity index (χ1n) is 9.06. The summed E-state index contributed by atoms with van der Waals surface area (Å²) in [6, 6.07) is 14.3. The van der Waals surface area contributed by atoms with E-state index in [0.717, 1.165) is 34.6 Å². The molecule has 26 heavy (non-hydrogen) atoms. The minimum Gasteiger partial charge on any atom is -0.328 e. The SMILES string of the molecule is Cc1nc2n(n1)[C@@H](c1cccc3ccccc13)C1=C(C[C@@H](C)CC1=O)N2. The van der Waals surface area contributed by atoms with Crippen molar-refractivity contribution in [2.45, 2.75) is 32.7 Å². The Balaban J connectivity index is 1.80. The first kappa shape index (κ1) is 15.3. The van der Waals surface area contributed by atoms with Crippen molar-refractivity contribution in [1.82, 2.24) is 14.8 Å². The van der Waals surface area contributed by atoms with Crippen molar-refractivity contribution >= 4 is 22.5 Å². The van der Waals surface area contributed by atoms with E-state index in [1.165, 1.54) is 5.39 Å². The number of nitrogens with one attached hydrogen (secondary N) is 1. The number of benzene rings is 2. The number of fused-ring (bicyclic) bond motifs is 2. The molecule has 1 aliphatic carbocycles. The maximum absolute atomic E-state index is 13.0. The van der Waals surface area contributed by atoms with Gasteiger partial charge in [-0.1, -0.05) is 49.4 Å². The number of anilines is 1. The topological polar surface area (TPSA) is 59.8 Å². The predicted octanol–water partition coefficient (Wildman–Crippen LogP) is 4.01. The van der Waals surface area contributed by atoms with Gasteiger partial charge in [0.15, 0.2) is 5.78 Å². The van der Waals surface area contributed by atoms with Gasteiger partial charge in [-0.05, 0) is 35.6 Å². The molecule has 2 heterocycles. The van der Waals surface area contributed by atoms with E-state index in [0.29, 0.717) is 18.2 Å². The average molecular weight is 344 g/mol. The molecule has 1 N–H and O–H groups in total. The largest absolute Gasteiger partial charge is 0.328 e. The second-order valence-electron chi connectivity index (χ2n) is 7.35. The number of aromatic nitrogens is 3. The Hall–Kier alpha value is -2.95. The zero-order valence-electron chi connectivity index (χ0n) is 14.9. The summed E-state index contributed by atoms with van der Waals surface area (Å²) in [6.45, 7) is 4.01. The van der Waals surface area contributed by atoms with E-state index in [2.05, 4.69) is 52.7 Å². The van der Waals surface area contributed by atoms with Crippen molar-refractivity contribution < 1.29 is 4.79 Å². The fourth-order valence-electron chi connectivity index (χ4n) is 4.29. The van der Waals surface area contributed by atoms with Crippen LogP contribution in [0.25, 0.3) is 10.8 Å². The highest BCUT2D eigenvalue weighted by Crippen LogP contribution is 2.42. The molecule has 3 aromatic rings. The molecule has 0 saturated heterocycles. The number of nitrogens with zero attached hydrogens (tertiary/aromatic N) is 3. The van der Waals surface area contributed by atoms with Gasteiger partial charge in [-0.25, -0.2) is 4.68 Å². The summed E-state index contributed by atoms with van der Waals surface area (Å²) in [5.74, 6) is 1.99. The van der Waals surface area contributed by atoms with Crippen LogP contribution < -0.4 is 5.32 Å². The fraction of sp³-hybridized carbons (Fsp3) is 0.286. The van der Waals surface area contributed by atoms with E-state index >= 15 is 0 Å². The molecular formula is C21H20N4O. The molecule has 1 aromatic heterocycles. The van der Waals surface area contributed by atoms with Gasteiger partial charge < -0.3 is 5.32 Å². The Morgan fingerprint density at radius 2 is 1.92 bits per heavy atom. The van der Waals surface area contributed by atoms with Crippen LogP contribution in [-0.2, 0) is 4.79 Å². The smallest absolute Gasteiger partial charge is 0.226 e. The summed E-state index contributed by atoms with van der Waals surface area (Å²) in [7, 11) is 0. The summed E-state index contributed by atoms with van der Waals surface area (Å²) in [5, 5.41) is 10.3. The van der Waals surface area contributed by atoms with Crippen molar-refractivity contribution in [3.05, 3.63) is 65.1 Å². The van der Waals surface area contributed by atoms with E-state index in [4.69, 9.17) is 0 Å². The molecule has 0 bridgehead atoms. The molecule has 130 valence electrons. The van der Waals surface area contributed by atoms with Gasteiger partial charge in [0.1, 0.15) is 11.9 Å². The van der Waals surface area contributed by atoms with Gasteiger partial charge in [-0.2, -0.15) is 10.1 Å². The van der Waals surface area contributed by atoms with Crippen LogP contribution >= 0.6 is 0 Å². The summed E-state index contributed by atoms with van der Waals surface area (Å²) >= 11 is 0. The number of ketones is 1. The average Bonchev–Trinajstić information content (AvgIpc) is 2.99. The lowest BCUT2D eigenvalue weighted by Gasteiger charge is -2.34. The highest BCUT2D eigenvalue weighted by molar-refractivity contribution is 6.00. The van der Waals surface area contributed by atoms with Crippen LogP contribution in [0, 0.1) is 12.8 Å². The molecule has 0 spiro atoms. The van der Waals surface area contributed by atoms with Crippen molar-refractivity contribution in [3.8, 4) is 0 Å². The van der Waals surface area contributed by atoms with Crippen LogP contribution in [0.3, 0.4) is 0 Å². The minimum atomic E-state index is -0.228. The van der Waals surface area contributed by atoms with Gasteiger partial charge in [0, 0.05) is 17.7 Å². The van der Waals surface area contributed by atoms with E-state index in [-0.39, 0.29) is 11.8 Å². The molecule has 2 aromatic carbocycles. The predicted molar refractivity (Wildman–Crippen MR) is 101 cm³/mol. The number of allylic oxidation sites excluding steroid dienone is 2. The van der Waals surface area contributed by atoms with Crippen molar-refractivity contribution in [3.63, 3.8) is 0 Å². The van der Waals surface area contributed by atoms with Crippen LogP contribution in [0.1, 0.15) is 37.2 Å². The van der Waals surface area contributed by atoms with Crippen molar-refractivity contribution in [2.24, 2.45) is 5.92 Å². The normalized spacial score (nSPS) is 22.2. The van der Waals surface area contributed by atoms with Gasteiger partial charge in [-0.15, -0.1) is 0 Å². The van der Waals surface area contributed by atoms with Gasteiger partial charge >= 0.3 is 0 Å². The molecule has 0 radical (unpaired) electrons. The lowest BCUT2D eigenvalue weighted by Crippen LogP contribution is -2.33. The molecule has 0 saturated carbocycles. The highest BCUT2D eigenvalue weighted by atomic mass is 16.1. The molecule has 0 fully saturated rings.